The van der Waals surface area contributed by atoms with Gasteiger partial charge in [0.15, 0.2) is 6.61 Å². The van der Waals surface area contributed by atoms with Crippen LogP contribution in [0.1, 0.15) is 27.0 Å². The Kier molecular flexibility index (Phi) is 6.75. The number of carbonyl (C=O) groups is 2. The Morgan fingerprint density at radius 3 is 2.17 bits per heavy atom. The number of hydrogen-bond acceptors (Lipinski definition) is 3. The standard InChI is InChI=1S/C24H23ClN2O3/c1-15-11-19(9-10-21(15)27-24(29)18-7-5-4-6-8-18)26-22(28)14-30-20-12-16(2)23(25)17(3)13-20/h4-13H,14H2,1-3H3,(H,26,28)(H,27,29). The number of benzene rings is 3. The van der Waals surface area contributed by atoms with E-state index in [4.69, 9.17) is 16.3 Å². The molecule has 0 bridgehead atoms. The summed E-state index contributed by atoms with van der Waals surface area (Å²) in [6.07, 6.45) is 0. The van der Waals surface area contributed by atoms with Crippen LogP contribution in [0.15, 0.2) is 60.7 Å². The molecule has 3 rings (SSSR count). The molecule has 0 heterocycles. The van der Waals surface area contributed by atoms with Gasteiger partial charge in [0.2, 0.25) is 0 Å². The molecule has 0 fully saturated rings. The molecule has 0 aliphatic carbocycles. The number of nitrogens with one attached hydrogen (secondary N) is 2. The molecule has 6 heteroatoms. The van der Waals surface area contributed by atoms with Crippen molar-refractivity contribution in [3.05, 3.63) is 87.9 Å². The summed E-state index contributed by atoms with van der Waals surface area (Å²) in [6.45, 7) is 5.53. The lowest BCUT2D eigenvalue weighted by molar-refractivity contribution is -0.118. The third kappa shape index (κ3) is 5.39. The lowest BCUT2D eigenvalue weighted by Gasteiger charge is -2.12. The summed E-state index contributed by atoms with van der Waals surface area (Å²) in [4.78, 5) is 24.6. The van der Waals surface area contributed by atoms with Gasteiger partial charge in [0, 0.05) is 22.0 Å². The van der Waals surface area contributed by atoms with Gasteiger partial charge in [-0.1, -0.05) is 29.8 Å². The van der Waals surface area contributed by atoms with Crippen molar-refractivity contribution in [3.8, 4) is 5.75 Å². The van der Waals surface area contributed by atoms with Crippen LogP contribution in [0.2, 0.25) is 5.02 Å². The highest BCUT2D eigenvalue weighted by Gasteiger charge is 2.10. The van der Waals surface area contributed by atoms with E-state index in [0.717, 1.165) is 16.7 Å². The molecule has 0 radical (unpaired) electrons. The van der Waals surface area contributed by atoms with Crippen molar-refractivity contribution < 1.29 is 14.3 Å². The highest BCUT2D eigenvalue weighted by Crippen LogP contribution is 2.26. The van der Waals surface area contributed by atoms with E-state index in [2.05, 4.69) is 10.6 Å². The van der Waals surface area contributed by atoms with Crippen LogP contribution in [-0.2, 0) is 4.79 Å². The highest BCUT2D eigenvalue weighted by molar-refractivity contribution is 6.32. The fourth-order valence-corrected chi connectivity index (χ4v) is 3.11. The smallest absolute Gasteiger partial charge is 0.262 e. The predicted octanol–water partition coefficient (Wildman–Crippen LogP) is 5.54. The first-order valence-corrected chi connectivity index (χ1v) is 9.87. The summed E-state index contributed by atoms with van der Waals surface area (Å²) in [5.74, 6) is 0.137. The van der Waals surface area contributed by atoms with Crippen molar-refractivity contribution in [2.45, 2.75) is 20.8 Å². The molecule has 0 saturated heterocycles. The summed E-state index contributed by atoms with van der Waals surface area (Å²) >= 11 is 6.15. The van der Waals surface area contributed by atoms with Crippen molar-refractivity contribution in [3.63, 3.8) is 0 Å². The maximum absolute atomic E-state index is 12.3. The average molecular weight is 423 g/mol. The zero-order valence-electron chi connectivity index (χ0n) is 17.1. The predicted molar refractivity (Wildman–Crippen MR) is 121 cm³/mol. The summed E-state index contributed by atoms with van der Waals surface area (Å²) in [5.41, 5.74) is 4.53. The number of hydrogen-bond donors (Lipinski definition) is 2. The van der Waals surface area contributed by atoms with E-state index in [0.29, 0.717) is 27.7 Å². The van der Waals surface area contributed by atoms with Gasteiger partial charge in [0.05, 0.1) is 0 Å². The van der Waals surface area contributed by atoms with Gasteiger partial charge in [-0.15, -0.1) is 0 Å². The third-order valence-electron chi connectivity index (χ3n) is 4.57. The summed E-state index contributed by atoms with van der Waals surface area (Å²) in [6, 6.07) is 17.9. The van der Waals surface area contributed by atoms with Crippen LogP contribution in [0.5, 0.6) is 5.75 Å². The number of ether oxygens (including phenoxy) is 1. The molecule has 30 heavy (non-hydrogen) atoms. The van der Waals surface area contributed by atoms with E-state index in [9.17, 15) is 9.59 Å². The second-order valence-corrected chi connectivity index (χ2v) is 7.44. The van der Waals surface area contributed by atoms with Gasteiger partial charge < -0.3 is 15.4 Å². The highest BCUT2D eigenvalue weighted by atomic mass is 35.5. The molecule has 5 nitrogen and oxygen atoms in total. The Balaban J connectivity index is 1.58. The zero-order chi connectivity index (χ0) is 21.7. The largest absolute Gasteiger partial charge is 0.484 e. The Labute approximate surface area is 181 Å². The molecule has 2 N–H and O–H groups in total. The van der Waals surface area contributed by atoms with E-state index < -0.39 is 0 Å². The van der Waals surface area contributed by atoms with Crippen LogP contribution in [-0.4, -0.2) is 18.4 Å². The zero-order valence-corrected chi connectivity index (χ0v) is 17.8. The van der Waals surface area contributed by atoms with Gasteiger partial charge in [-0.2, -0.15) is 0 Å². The maximum atomic E-state index is 12.3. The number of rotatable bonds is 6. The van der Waals surface area contributed by atoms with Gasteiger partial charge in [0.25, 0.3) is 11.8 Å². The van der Waals surface area contributed by atoms with Crippen LogP contribution in [0.4, 0.5) is 11.4 Å². The summed E-state index contributed by atoms with van der Waals surface area (Å²) < 4.78 is 5.58. The third-order valence-corrected chi connectivity index (χ3v) is 5.17. The van der Waals surface area contributed by atoms with Gasteiger partial charge in [0.1, 0.15) is 5.75 Å². The van der Waals surface area contributed by atoms with Crippen molar-refractivity contribution in [1.82, 2.24) is 0 Å². The lowest BCUT2D eigenvalue weighted by atomic mass is 10.1. The van der Waals surface area contributed by atoms with Gasteiger partial charge >= 0.3 is 0 Å². The molecule has 3 aromatic rings. The topological polar surface area (TPSA) is 67.4 Å². The molecule has 154 valence electrons. The first kappa shape index (κ1) is 21.4. The average Bonchev–Trinajstić information content (AvgIpc) is 2.73. The van der Waals surface area contributed by atoms with Crippen molar-refractivity contribution in [2.75, 3.05) is 17.2 Å². The Morgan fingerprint density at radius 1 is 0.867 bits per heavy atom. The van der Waals surface area contributed by atoms with E-state index in [1.54, 1.807) is 42.5 Å². The Hall–Kier alpha value is -3.31. The second-order valence-electron chi connectivity index (χ2n) is 7.06. The van der Waals surface area contributed by atoms with Gasteiger partial charge in [-0.05, 0) is 79.9 Å². The molecular formula is C24H23ClN2O3. The molecule has 2 amide bonds. The van der Waals surface area contributed by atoms with E-state index in [-0.39, 0.29) is 18.4 Å². The molecule has 0 aliphatic rings. The minimum atomic E-state index is -0.277. The second kappa shape index (κ2) is 9.46. The Morgan fingerprint density at radius 2 is 1.53 bits per heavy atom. The minimum Gasteiger partial charge on any atom is -0.484 e. The fraction of sp³-hybridized carbons (Fsp3) is 0.167. The number of anilines is 2. The first-order chi connectivity index (χ1) is 14.3. The fourth-order valence-electron chi connectivity index (χ4n) is 3.00. The van der Waals surface area contributed by atoms with Crippen molar-refractivity contribution in [1.29, 1.82) is 0 Å². The van der Waals surface area contributed by atoms with E-state index in [1.165, 1.54) is 0 Å². The van der Waals surface area contributed by atoms with Crippen LogP contribution in [0.25, 0.3) is 0 Å². The normalized spacial score (nSPS) is 10.4. The first-order valence-electron chi connectivity index (χ1n) is 9.50. The maximum Gasteiger partial charge on any atom is 0.262 e. The molecule has 3 aromatic carbocycles. The molecule has 0 unspecified atom stereocenters. The molecular weight excluding hydrogens is 400 g/mol. The molecule has 0 atom stereocenters. The molecule has 0 saturated carbocycles. The van der Waals surface area contributed by atoms with Gasteiger partial charge in [-0.25, -0.2) is 0 Å². The molecule has 0 aromatic heterocycles. The van der Waals surface area contributed by atoms with E-state index >= 15 is 0 Å². The lowest BCUT2D eigenvalue weighted by Crippen LogP contribution is -2.20. The van der Waals surface area contributed by atoms with Crippen LogP contribution in [0.3, 0.4) is 0 Å². The van der Waals surface area contributed by atoms with Crippen LogP contribution in [0, 0.1) is 20.8 Å². The number of carbonyl (C=O) groups excluding carboxylic acids is 2. The van der Waals surface area contributed by atoms with Crippen LogP contribution >= 0.6 is 11.6 Å². The molecule has 0 spiro atoms. The summed E-state index contributed by atoms with van der Waals surface area (Å²) in [5, 5.41) is 6.38. The quantitative estimate of drug-likeness (QED) is 0.548. The molecule has 0 aliphatic heterocycles. The monoisotopic (exact) mass is 422 g/mol. The SMILES string of the molecule is Cc1cc(NC(=O)COc2cc(C)c(Cl)c(C)c2)ccc1NC(=O)c1ccccc1. The Bertz CT molecular complexity index is 1060. The minimum absolute atomic E-state index is 0.119. The van der Waals surface area contributed by atoms with Gasteiger partial charge in [-0.3, -0.25) is 9.59 Å². The van der Waals surface area contributed by atoms with Crippen LogP contribution < -0.4 is 15.4 Å². The van der Waals surface area contributed by atoms with Crippen molar-refractivity contribution in [2.24, 2.45) is 0 Å². The van der Waals surface area contributed by atoms with Crippen molar-refractivity contribution >= 4 is 34.8 Å². The summed E-state index contributed by atoms with van der Waals surface area (Å²) in [7, 11) is 0. The number of aryl methyl sites for hydroxylation is 3. The number of amides is 2. The number of halogens is 1. The van der Waals surface area contributed by atoms with E-state index in [1.807, 2.05) is 39.0 Å².